The van der Waals surface area contributed by atoms with Gasteiger partial charge in [0.05, 0.1) is 49.8 Å². The monoisotopic (exact) mass is 358 g/mol. The minimum absolute atomic E-state index is 0.493. The highest BCUT2D eigenvalue weighted by Crippen LogP contribution is 2.65. The maximum Gasteiger partial charge on any atom is 0.0876 e. The lowest BCUT2D eigenvalue weighted by atomic mass is 9.79. The van der Waals surface area contributed by atoms with Crippen LogP contribution in [-0.2, 0) is 18.9 Å². The summed E-state index contributed by atoms with van der Waals surface area (Å²) in [4.78, 5) is 0. The average Bonchev–Trinajstić information content (AvgIpc) is 3.19. The van der Waals surface area contributed by atoms with Crippen molar-refractivity contribution in [2.24, 2.45) is 47.3 Å². The second-order valence-electron chi connectivity index (χ2n) is 10.8. The van der Waals surface area contributed by atoms with E-state index in [0.717, 1.165) is 60.6 Å². The number of fused-ring (bicyclic) bond motifs is 14. The maximum atomic E-state index is 6.36. The summed E-state index contributed by atoms with van der Waals surface area (Å²) in [7, 11) is 0. The van der Waals surface area contributed by atoms with Crippen molar-refractivity contribution in [2.45, 2.75) is 75.1 Å². The quantitative estimate of drug-likeness (QED) is 0.560. The number of hydrogen-bond donors (Lipinski definition) is 0. The minimum Gasteiger partial charge on any atom is -0.376 e. The van der Waals surface area contributed by atoms with Crippen LogP contribution in [0.25, 0.3) is 0 Å². The molecule has 4 nitrogen and oxygen atoms in total. The van der Waals surface area contributed by atoms with Crippen LogP contribution in [0, 0.1) is 47.3 Å². The van der Waals surface area contributed by atoms with Crippen LogP contribution in [0.15, 0.2) is 0 Å². The third-order valence-corrected chi connectivity index (χ3v) is 10.1. The molecule has 14 atom stereocenters. The van der Waals surface area contributed by atoms with E-state index in [9.17, 15) is 0 Å². The van der Waals surface area contributed by atoms with E-state index in [1.807, 2.05) is 0 Å². The lowest BCUT2D eigenvalue weighted by molar-refractivity contribution is -0.0752. The summed E-state index contributed by atoms with van der Waals surface area (Å²) in [5, 5.41) is 0. The Hall–Kier alpha value is -0.160. The van der Waals surface area contributed by atoms with Crippen LogP contribution in [0.1, 0.15) is 38.5 Å². The second kappa shape index (κ2) is 4.87. The van der Waals surface area contributed by atoms with Crippen LogP contribution in [0.3, 0.4) is 0 Å². The smallest absolute Gasteiger partial charge is 0.0876 e. The van der Waals surface area contributed by atoms with Crippen molar-refractivity contribution in [3.05, 3.63) is 0 Å². The molecule has 8 fully saturated rings. The summed E-state index contributed by atoms with van der Waals surface area (Å²) in [5.74, 6) is 7.05. The van der Waals surface area contributed by atoms with Gasteiger partial charge in [-0.25, -0.2) is 0 Å². The molecule has 0 unspecified atom stereocenters. The highest BCUT2D eigenvalue weighted by atomic mass is 16.6. The SMILES string of the molecule is C(CO[C@@H]1C[C@@H]2C[C@@H]1[C@@H]1[C@@H]2C[C@H]2O[C@H]12)O[C@H]1C[C@H]2C[C@H]1[C@@H]1[C@@H]2C[C@H]2O[C@H]12. The van der Waals surface area contributed by atoms with Crippen LogP contribution >= 0.6 is 0 Å². The number of ether oxygens (including phenoxy) is 4. The predicted molar refractivity (Wildman–Crippen MR) is 92.4 cm³/mol. The molecule has 4 bridgehead atoms. The molecule has 0 aromatic rings. The highest BCUT2D eigenvalue weighted by Gasteiger charge is 2.67. The van der Waals surface area contributed by atoms with Crippen molar-refractivity contribution in [1.82, 2.24) is 0 Å². The van der Waals surface area contributed by atoms with E-state index in [-0.39, 0.29) is 0 Å². The van der Waals surface area contributed by atoms with E-state index in [4.69, 9.17) is 18.9 Å². The molecule has 0 aromatic carbocycles. The fraction of sp³-hybridized carbons (Fsp3) is 1.00. The van der Waals surface area contributed by atoms with Gasteiger partial charge in [0.15, 0.2) is 0 Å². The molecule has 0 aromatic heterocycles. The Labute approximate surface area is 155 Å². The van der Waals surface area contributed by atoms with E-state index in [0.29, 0.717) is 36.6 Å². The van der Waals surface area contributed by atoms with Gasteiger partial charge in [-0.3, -0.25) is 0 Å². The molecule has 4 heteroatoms. The first-order chi connectivity index (χ1) is 12.8. The highest BCUT2D eigenvalue weighted by molar-refractivity contribution is 5.15. The Balaban J connectivity index is 0.860. The standard InChI is InChI=1S/C22H30O4/c1(23-15-5-9-3-13(15)19-11(9)7-17-21(19)25-17)2-24-16-6-10-4-14(16)20-12(10)8-18-22(20)26-18/h9-22H,1-8H2/t9-,10+,11-,12-,13-,14+,15+,16-,17-,18-,19+,20+,21+,22+/m1/s1. The third-order valence-electron chi connectivity index (χ3n) is 10.1. The van der Waals surface area contributed by atoms with Gasteiger partial charge in [0, 0.05) is 0 Å². The summed E-state index contributed by atoms with van der Waals surface area (Å²) in [6.07, 6.45) is 11.6. The van der Waals surface area contributed by atoms with Gasteiger partial charge in [0.2, 0.25) is 0 Å². The number of rotatable bonds is 5. The van der Waals surface area contributed by atoms with Crippen molar-refractivity contribution in [2.75, 3.05) is 13.2 Å². The first kappa shape index (κ1) is 14.8. The zero-order valence-corrected chi connectivity index (χ0v) is 15.4. The molecule has 8 aliphatic rings. The lowest BCUT2D eigenvalue weighted by Crippen LogP contribution is -2.36. The van der Waals surface area contributed by atoms with E-state index in [2.05, 4.69) is 0 Å². The molecular formula is C22H30O4. The molecule has 6 saturated carbocycles. The number of epoxide rings is 2. The fourth-order valence-corrected chi connectivity index (χ4v) is 9.28. The molecule has 0 radical (unpaired) electrons. The van der Waals surface area contributed by atoms with Gasteiger partial charge in [0.25, 0.3) is 0 Å². The van der Waals surface area contributed by atoms with Gasteiger partial charge in [0.1, 0.15) is 0 Å². The Morgan fingerprint density at radius 1 is 0.577 bits per heavy atom. The van der Waals surface area contributed by atoms with Gasteiger partial charge in [-0.2, -0.15) is 0 Å². The minimum atomic E-state index is 0.493. The van der Waals surface area contributed by atoms with Crippen molar-refractivity contribution in [3.8, 4) is 0 Å². The zero-order valence-electron chi connectivity index (χ0n) is 15.4. The van der Waals surface area contributed by atoms with Crippen LogP contribution in [0.5, 0.6) is 0 Å². The molecule has 6 aliphatic carbocycles. The topological polar surface area (TPSA) is 43.5 Å². The Kier molecular flexibility index (Phi) is 2.77. The van der Waals surface area contributed by atoms with Crippen molar-refractivity contribution in [3.63, 3.8) is 0 Å². The van der Waals surface area contributed by atoms with Gasteiger partial charge in [-0.1, -0.05) is 0 Å². The average molecular weight is 358 g/mol. The van der Waals surface area contributed by atoms with Crippen LogP contribution in [0.2, 0.25) is 0 Å². The van der Waals surface area contributed by atoms with Crippen molar-refractivity contribution >= 4 is 0 Å². The molecule has 2 heterocycles. The van der Waals surface area contributed by atoms with Gasteiger partial charge in [-0.15, -0.1) is 0 Å². The fourth-order valence-electron chi connectivity index (χ4n) is 9.28. The van der Waals surface area contributed by atoms with Gasteiger partial charge < -0.3 is 18.9 Å². The normalized spacial score (nSPS) is 67.4. The molecule has 8 rings (SSSR count). The molecule has 0 N–H and O–H groups in total. The first-order valence-electron chi connectivity index (χ1n) is 11.4. The summed E-state index contributed by atoms with van der Waals surface area (Å²) in [6, 6.07) is 0. The summed E-state index contributed by atoms with van der Waals surface area (Å²) in [5.41, 5.74) is 0. The van der Waals surface area contributed by atoms with Crippen molar-refractivity contribution < 1.29 is 18.9 Å². The van der Waals surface area contributed by atoms with E-state index in [1.54, 1.807) is 0 Å². The molecule has 0 spiro atoms. The predicted octanol–water partition coefficient (Wildman–Crippen LogP) is 2.64. The molecule has 142 valence electrons. The zero-order chi connectivity index (χ0) is 16.6. The second-order valence-corrected chi connectivity index (χ2v) is 10.8. The molecular weight excluding hydrogens is 328 g/mol. The molecule has 0 amide bonds. The van der Waals surface area contributed by atoms with Crippen LogP contribution in [-0.4, -0.2) is 49.8 Å². The Morgan fingerprint density at radius 3 is 1.58 bits per heavy atom. The molecule has 2 aliphatic heterocycles. The lowest BCUT2D eigenvalue weighted by Gasteiger charge is -2.34. The molecule has 26 heavy (non-hydrogen) atoms. The first-order valence-corrected chi connectivity index (χ1v) is 11.4. The Bertz CT molecular complexity index is 584. The largest absolute Gasteiger partial charge is 0.376 e. The summed E-state index contributed by atoms with van der Waals surface area (Å²) >= 11 is 0. The Morgan fingerprint density at radius 2 is 1.08 bits per heavy atom. The van der Waals surface area contributed by atoms with E-state index in [1.165, 1.54) is 38.5 Å². The summed E-state index contributed by atoms with van der Waals surface area (Å²) < 4.78 is 24.4. The van der Waals surface area contributed by atoms with E-state index < -0.39 is 0 Å². The van der Waals surface area contributed by atoms with Gasteiger partial charge >= 0.3 is 0 Å². The van der Waals surface area contributed by atoms with Gasteiger partial charge in [-0.05, 0) is 85.9 Å². The van der Waals surface area contributed by atoms with Crippen molar-refractivity contribution in [1.29, 1.82) is 0 Å². The van der Waals surface area contributed by atoms with E-state index >= 15 is 0 Å². The maximum absolute atomic E-state index is 6.36. The number of hydrogen-bond acceptors (Lipinski definition) is 4. The molecule has 2 saturated heterocycles. The van der Waals surface area contributed by atoms with Crippen LogP contribution < -0.4 is 0 Å². The third kappa shape index (κ3) is 1.81. The summed E-state index contributed by atoms with van der Waals surface area (Å²) in [6.45, 7) is 1.59. The van der Waals surface area contributed by atoms with Crippen LogP contribution in [0.4, 0.5) is 0 Å².